The van der Waals surface area contributed by atoms with Crippen molar-refractivity contribution in [3.63, 3.8) is 0 Å². The van der Waals surface area contributed by atoms with Gasteiger partial charge in [-0.2, -0.15) is 0 Å². The number of benzene rings is 1. The molecular weight excluding hydrogens is 334 g/mol. The molecule has 0 amide bonds. The van der Waals surface area contributed by atoms with Crippen LogP contribution in [0, 0.1) is 0 Å². The summed E-state index contributed by atoms with van der Waals surface area (Å²) in [5.41, 5.74) is 1.31. The smallest absolute Gasteiger partial charge is 0.133 e. The number of ether oxygens (including phenoxy) is 1. The third-order valence-corrected chi connectivity index (χ3v) is 4.79. The van der Waals surface area contributed by atoms with Crippen LogP contribution in [0.5, 0.6) is 5.75 Å². The lowest BCUT2D eigenvalue weighted by atomic mass is 10.0. The Bertz CT molecular complexity index is 527. The Kier molecular flexibility index (Phi) is 6.07. The summed E-state index contributed by atoms with van der Waals surface area (Å²) >= 11 is 5.37. The maximum Gasteiger partial charge on any atom is 0.133 e. The van der Waals surface area contributed by atoms with Gasteiger partial charge >= 0.3 is 0 Å². The predicted octanol–water partition coefficient (Wildman–Crippen LogP) is 4.80. The summed E-state index contributed by atoms with van der Waals surface area (Å²) in [6.45, 7) is 3.24. The Morgan fingerprint density at radius 2 is 2.20 bits per heavy atom. The number of thiophene rings is 1. The van der Waals surface area contributed by atoms with Gasteiger partial charge in [-0.1, -0.05) is 19.1 Å². The van der Waals surface area contributed by atoms with Crippen LogP contribution in [-0.2, 0) is 6.42 Å². The van der Waals surface area contributed by atoms with Gasteiger partial charge in [0.25, 0.3) is 0 Å². The van der Waals surface area contributed by atoms with Crippen molar-refractivity contribution in [3.05, 3.63) is 50.6 Å². The highest BCUT2D eigenvalue weighted by Crippen LogP contribution is 2.29. The van der Waals surface area contributed by atoms with E-state index in [4.69, 9.17) is 4.74 Å². The minimum Gasteiger partial charge on any atom is -0.496 e. The second-order valence-electron chi connectivity index (χ2n) is 4.70. The molecule has 0 fully saturated rings. The molecule has 1 N–H and O–H groups in total. The molecule has 0 saturated carbocycles. The highest BCUT2D eigenvalue weighted by molar-refractivity contribution is 9.10. The number of hydrogen-bond donors (Lipinski definition) is 1. The lowest BCUT2D eigenvalue weighted by molar-refractivity contribution is 0.412. The zero-order valence-electron chi connectivity index (χ0n) is 11.9. The van der Waals surface area contributed by atoms with Crippen molar-refractivity contribution in [2.75, 3.05) is 13.7 Å². The third kappa shape index (κ3) is 4.08. The molecule has 20 heavy (non-hydrogen) atoms. The predicted molar refractivity (Wildman–Crippen MR) is 89.8 cm³/mol. The Morgan fingerprint density at radius 3 is 2.80 bits per heavy atom. The van der Waals surface area contributed by atoms with Gasteiger partial charge in [0.2, 0.25) is 0 Å². The van der Waals surface area contributed by atoms with E-state index in [9.17, 15) is 0 Å². The van der Waals surface area contributed by atoms with Crippen LogP contribution in [0.2, 0.25) is 0 Å². The van der Waals surface area contributed by atoms with Crippen molar-refractivity contribution in [1.82, 2.24) is 5.32 Å². The van der Waals surface area contributed by atoms with Crippen LogP contribution in [0.4, 0.5) is 0 Å². The van der Waals surface area contributed by atoms with Crippen LogP contribution in [0.15, 0.2) is 40.2 Å². The number of halogens is 1. The summed E-state index contributed by atoms with van der Waals surface area (Å²) in [4.78, 5) is 1.39. The van der Waals surface area contributed by atoms with Crippen LogP contribution in [0.1, 0.15) is 29.8 Å². The van der Waals surface area contributed by atoms with E-state index < -0.39 is 0 Å². The summed E-state index contributed by atoms with van der Waals surface area (Å²) in [5, 5.41) is 5.77. The maximum absolute atomic E-state index is 5.28. The SMILES string of the molecule is CCCNC(Cc1ccc(OC)c(Br)c1)c1cccs1. The van der Waals surface area contributed by atoms with Gasteiger partial charge in [-0.15, -0.1) is 11.3 Å². The largest absolute Gasteiger partial charge is 0.496 e. The molecule has 4 heteroatoms. The van der Waals surface area contributed by atoms with Gasteiger partial charge in [0.05, 0.1) is 11.6 Å². The quantitative estimate of drug-likeness (QED) is 0.771. The molecule has 108 valence electrons. The van der Waals surface area contributed by atoms with Crippen LogP contribution >= 0.6 is 27.3 Å². The van der Waals surface area contributed by atoms with Crippen LogP contribution < -0.4 is 10.1 Å². The molecule has 0 bridgehead atoms. The summed E-state index contributed by atoms with van der Waals surface area (Å²) in [6.07, 6.45) is 2.14. The Hall–Kier alpha value is -0.840. The normalized spacial score (nSPS) is 12.3. The minimum absolute atomic E-state index is 0.384. The van der Waals surface area contributed by atoms with Crippen molar-refractivity contribution in [2.24, 2.45) is 0 Å². The third-order valence-electron chi connectivity index (χ3n) is 3.18. The van der Waals surface area contributed by atoms with Crippen LogP contribution in [0.25, 0.3) is 0 Å². The minimum atomic E-state index is 0.384. The van der Waals surface area contributed by atoms with Gasteiger partial charge in [-0.3, -0.25) is 0 Å². The second-order valence-corrected chi connectivity index (χ2v) is 6.53. The molecule has 0 saturated heterocycles. The Labute approximate surface area is 133 Å². The highest BCUT2D eigenvalue weighted by Gasteiger charge is 2.13. The van der Waals surface area contributed by atoms with E-state index in [1.807, 2.05) is 17.4 Å². The summed E-state index contributed by atoms with van der Waals surface area (Å²) in [7, 11) is 1.69. The molecule has 2 rings (SSSR count). The second kappa shape index (κ2) is 7.81. The average Bonchev–Trinajstić information content (AvgIpc) is 2.97. The number of rotatable bonds is 7. The van der Waals surface area contributed by atoms with E-state index in [1.54, 1.807) is 7.11 Å². The van der Waals surface area contributed by atoms with Crippen molar-refractivity contribution < 1.29 is 4.74 Å². The molecule has 0 spiro atoms. The number of hydrogen-bond acceptors (Lipinski definition) is 3. The fraction of sp³-hybridized carbons (Fsp3) is 0.375. The fourth-order valence-corrected chi connectivity index (χ4v) is 3.54. The van der Waals surface area contributed by atoms with Gasteiger partial charge in [0.15, 0.2) is 0 Å². The topological polar surface area (TPSA) is 21.3 Å². The molecule has 1 atom stereocenters. The van der Waals surface area contributed by atoms with Crippen molar-refractivity contribution in [1.29, 1.82) is 0 Å². The first-order chi connectivity index (χ1) is 9.74. The lowest BCUT2D eigenvalue weighted by Crippen LogP contribution is -2.23. The first-order valence-electron chi connectivity index (χ1n) is 6.83. The van der Waals surface area contributed by atoms with Gasteiger partial charge in [-0.05, 0) is 64.5 Å². The molecule has 0 aliphatic heterocycles. The van der Waals surface area contributed by atoms with E-state index in [2.05, 4.69) is 57.8 Å². The molecule has 1 aromatic heterocycles. The zero-order valence-corrected chi connectivity index (χ0v) is 14.3. The monoisotopic (exact) mass is 353 g/mol. The molecular formula is C16H20BrNOS. The van der Waals surface area contributed by atoms with Crippen LogP contribution in [-0.4, -0.2) is 13.7 Å². The maximum atomic E-state index is 5.28. The van der Waals surface area contributed by atoms with Crippen molar-refractivity contribution >= 4 is 27.3 Å². The van der Waals surface area contributed by atoms with E-state index in [-0.39, 0.29) is 0 Å². The number of nitrogens with one attached hydrogen (secondary N) is 1. The van der Waals surface area contributed by atoms with E-state index in [0.29, 0.717) is 6.04 Å². The van der Waals surface area contributed by atoms with Crippen molar-refractivity contribution in [2.45, 2.75) is 25.8 Å². The van der Waals surface area contributed by atoms with Crippen LogP contribution in [0.3, 0.4) is 0 Å². The standard InChI is InChI=1S/C16H20BrNOS/c1-3-8-18-14(16-5-4-9-20-16)11-12-6-7-15(19-2)13(17)10-12/h4-7,9-10,14,18H,3,8,11H2,1-2H3. The van der Waals surface area contributed by atoms with Gasteiger partial charge in [0.1, 0.15) is 5.75 Å². The summed E-state index contributed by atoms with van der Waals surface area (Å²) in [5.74, 6) is 0.878. The van der Waals surface area contributed by atoms with Gasteiger partial charge < -0.3 is 10.1 Å². The average molecular weight is 354 g/mol. The molecule has 1 unspecified atom stereocenters. The lowest BCUT2D eigenvalue weighted by Gasteiger charge is -2.18. The molecule has 2 aromatic rings. The Balaban J connectivity index is 2.13. The molecule has 1 aromatic carbocycles. The first-order valence-corrected chi connectivity index (χ1v) is 8.51. The van der Waals surface area contributed by atoms with Crippen molar-refractivity contribution in [3.8, 4) is 5.75 Å². The van der Waals surface area contributed by atoms with E-state index >= 15 is 0 Å². The molecule has 0 aliphatic carbocycles. The van der Waals surface area contributed by atoms with Gasteiger partial charge in [-0.25, -0.2) is 0 Å². The fourth-order valence-electron chi connectivity index (χ4n) is 2.15. The molecule has 1 heterocycles. The highest BCUT2D eigenvalue weighted by atomic mass is 79.9. The zero-order chi connectivity index (χ0) is 14.4. The first kappa shape index (κ1) is 15.5. The molecule has 0 aliphatic rings. The van der Waals surface area contributed by atoms with Gasteiger partial charge in [0, 0.05) is 10.9 Å². The van der Waals surface area contributed by atoms with E-state index in [0.717, 1.165) is 29.6 Å². The number of methoxy groups -OCH3 is 1. The molecule has 2 nitrogen and oxygen atoms in total. The molecule has 0 radical (unpaired) electrons. The summed E-state index contributed by atoms with van der Waals surface area (Å²) in [6, 6.07) is 11.0. The summed E-state index contributed by atoms with van der Waals surface area (Å²) < 4.78 is 6.29. The van der Waals surface area contributed by atoms with E-state index in [1.165, 1.54) is 10.4 Å². The Morgan fingerprint density at radius 1 is 1.35 bits per heavy atom.